The van der Waals surface area contributed by atoms with Gasteiger partial charge in [-0.3, -0.25) is 0 Å². The van der Waals surface area contributed by atoms with Gasteiger partial charge in [-0.2, -0.15) is 13.2 Å². The van der Waals surface area contributed by atoms with Gasteiger partial charge in [-0.1, -0.05) is 39.3 Å². The Bertz CT molecular complexity index is 785. The minimum atomic E-state index is -4.57. The van der Waals surface area contributed by atoms with E-state index >= 15 is 0 Å². The number of alkyl halides is 3. The van der Waals surface area contributed by atoms with Crippen LogP contribution in [0.5, 0.6) is 0 Å². The normalized spacial score (nSPS) is 48.2. The van der Waals surface area contributed by atoms with E-state index in [1.54, 1.807) is 0 Å². The molecule has 0 radical (unpaired) electrons. The summed E-state index contributed by atoms with van der Waals surface area (Å²) in [5.41, 5.74) is -1.38. The van der Waals surface area contributed by atoms with Crippen LogP contribution >= 0.6 is 0 Å². The number of rotatable bonds is 4. The predicted molar refractivity (Wildman–Crippen MR) is 125 cm³/mol. The van der Waals surface area contributed by atoms with Crippen LogP contribution in [0.15, 0.2) is 11.6 Å². The molecule has 33 heavy (non-hydrogen) atoms. The van der Waals surface area contributed by atoms with Crippen molar-refractivity contribution in [3.8, 4) is 0 Å². The second kappa shape index (κ2) is 7.98. The minimum absolute atomic E-state index is 0.167. The zero-order valence-electron chi connectivity index (χ0n) is 21.4. The molecule has 3 fully saturated rings. The van der Waals surface area contributed by atoms with Gasteiger partial charge in [0.1, 0.15) is 0 Å². The summed E-state index contributed by atoms with van der Waals surface area (Å²) in [4.78, 5) is 0. The Morgan fingerprint density at radius 3 is 2.36 bits per heavy atom. The Kier molecular flexibility index (Phi) is 6.18. The molecule has 4 aliphatic rings. The lowest BCUT2D eigenvalue weighted by atomic mass is 9.44. The van der Waals surface area contributed by atoms with E-state index in [-0.39, 0.29) is 23.2 Å². The fourth-order valence-electron chi connectivity index (χ4n) is 8.99. The van der Waals surface area contributed by atoms with Gasteiger partial charge in [0.05, 0.1) is 5.60 Å². The van der Waals surface area contributed by atoms with Crippen molar-refractivity contribution in [3.63, 3.8) is 0 Å². The third-order valence-corrected chi connectivity index (χ3v) is 11.2. The number of aliphatic hydroxyl groups is 2. The highest BCUT2D eigenvalue weighted by Gasteiger charge is 2.61. The molecular formula is C28H45F3O2. The van der Waals surface area contributed by atoms with Crippen molar-refractivity contribution in [2.45, 2.75) is 117 Å². The highest BCUT2D eigenvalue weighted by Crippen LogP contribution is 2.68. The van der Waals surface area contributed by atoms with Crippen molar-refractivity contribution in [1.82, 2.24) is 0 Å². The molecule has 0 unspecified atom stereocenters. The summed E-state index contributed by atoms with van der Waals surface area (Å²) in [6.07, 6.45) is 5.40. The minimum Gasteiger partial charge on any atom is -0.390 e. The van der Waals surface area contributed by atoms with Crippen LogP contribution in [0.2, 0.25) is 0 Å². The lowest BCUT2D eigenvalue weighted by Crippen LogP contribution is -2.54. The standard InChI is InChI=1S/C28H45F3O2/c1-17(9-12-27(6,33)28(29,30)31)20-7-8-21-23-18(2)15-19-16-24(3,32)13-14-25(19,4)22(23)10-11-26(20,21)5/h15,17-18,20-23,32-33H,7-14,16H2,1-6H3/t17-,18-,20-,21+,22+,23+,24+,25+,26-,27+/m1/s1. The van der Waals surface area contributed by atoms with Gasteiger partial charge in [-0.05, 0) is 118 Å². The molecule has 0 bridgehead atoms. The summed E-state index contributed by atoms with van der Waals surface area (Å²) in [5.74, 6) is 2.95. The molecule has 2 nitrogen and oxygen atoms in total. The topological polar surface area (TPSA) is 40.5 Å². The number of fused-ring (bicyclic) bond motifs is 5. The first-order valence-electron chi connectivity index (χ1n) is 13.2. The third kappa shape index (κ3) is 4.11. The van der Waals surface area contributed by atoms with Crippen LogP contribution in [0.4, 0.5) is 13.2 Å². The molecule has 4 aliphatic carbocycles. The van der Waals surface area contributed by atoms with Gasteiger partial charge >= 0.3 is 6.18 Å². The molecule has 0 aromatic rings. The predicted octanol–water partition coefficient (Wildman–Crippen LogP) is 7.29. The molecular weight excluding hydrogens is 425 g/mol. The van der Waals surface area contributed by atoms with E-state index in [2.05, 4.69) is 33.8 Å². The van der Waals surface area contributed by atoms with Crippen LogP contribution in [-0.2, 0) is 0 Å². The van der Waals surface area contributed by atoms with Crippen LogP contribution in [-0.4, -0.2) is 27.6 Å². The van der Waals surface area contributed by atoms with Crippen LogP contribution in [0.3, 0.4) is 0 Å². The quantitative estimate of drug-likeness (QED) is 0.424. The Hall–Kier alpha value is -0.550. The van der Waals surface area contributed by atoms with Crippen molar-refractivity contribution in [3.05, 3.63) is 11.6 Å². The lowest BCUT2D eigenvalue weighted by molar-refractivity contribution is -0.256. The van der Waals surface area contributed by atoms with E-state index < -0.39 is 17.4 Å². The molecule has 5 heteroatoms. The molecule has 3 saturated carbocycles. The van der Waals surface area contributed by atoms with Gasteiger partial charge in [-0.15, -0.1) is 0 Å². The Labute approximate surface area is 198 Å². The molecule has 4 rings (SSSR count). The summed E-state index contributed by atoms with van der Waals surface area (Å²) >= 11 is 0. The van der Waals surface area contributed by atoms with Gasteiger partial charge in [0.2, 0.25) is 0 Å². The maximum atomic E-state index is 13.2. The first kappa shape index (κ1) is 25.5. The lowest BCUT2D eigenvalue weighted by Gasteiger charge is -2.60. The molecule has 0 amide bonds. The SMILES string of the molecule is C[C@@H]1C=C2C[C@@](C)(O)CC[C@]2(C)[C@H]2CC[C@]3(C)[C@@H]([C@H](C)CC[C@](C)(O)C(F)(F)F)CC[C@H]3[C@H]12. The van der Waals surface area contributed by atoms with Crippen LogP contribution in [0.1, 0.15) is 99.3 Å². The van der Waals surface area contributed by atoms with Crippen molar-refractivity contribution in [1.29, 1.82) is 0 Å². The van der Waals surface area contributed by atoms with Crippen molar-refractivity contribution >= 4 is 0 Å². The van der Waals surface area contributed by atoms with Gasteiger partial charge in [0.25, 0.3) is 0 Å². The second-order valence-electron chi connectivity index (χ2n) is 13.4. The summed E-state index contributed by atoms with van der Waals surface area (Å²) in [5, 5.41) is 20.7. The Morgan fingerprint density at radius 1 is 1.06 bits per heavy atom. The first-order chi connectivity index (χ1) is 15.0. The fraction of sp³-hybridized carbons (Fsp3) is 0.929. The molecule has 0 spiro atoms. The van der Waals surface area contributed by atoms with Gasteiger partial charge in [0.15, 0.2) is 5.60 Å². The molecule has 10 atom stereocenters. The van der Waals surface area contributed by atoms with E-state index in [0.29, 0.717) is 36.0 Å². The average molecular weight is 471 g/mol. The average Bonchev–Trinajstić information content (AvgIpc) is 3.04. The number of hydrogen-bond donors (Lipinski definition) is 2. The van der Waals surface area contributed by atoms with E-state index in [1.807, 2.05) is 6.92 Å². The van der Waals surface area contributed by atoms with Gasteiger partial charge in [-0.25, -0.2) is 0 Å². The van der Waals surface area contributed by atoms with Crippen LogP contribution < -0.4 is 0 Å². The maximum Gasteiger partial charge on any atom is 0.416 e. The summed E-state index contributed by atoms with van der Waals surface area (Å²) in [7, 11) is 0. The molecule has 190 valence electrons. The molecule has 0 aromatic heterocycles. The molecule has 0 saturated heterocycles. The van der Waals surface area contributed by atoms with E-state index in [4.69, 9.17) is 0 Å². The van der Waals surface area contributed by atoms with E-state index in [0.717, 1.165) is 39.0 Å². The monoisotopic (exact) mass is 470 g/mol. The summed E-state index contributed by atoms with van der Waals surface area (Å²) in [6, 6.07) is 0. The Balaban J connectivity index is 1.53. The highest BCUT2D eigenvalue weighted by atomic mass is 19.4. The zero-order chi connectivity index (χ0) is 24.6. The van der Waals surface area contributed by atoms with Gasteiger partial charge in [0, 0.05) is 0 Å². The fourth-order valence-corrected chi connectivity index (χ4v) is 8.99. The second-order valence-corrected chi connectivity index (χ2v) is 13.4. The van der Waals surface area contributed by atoms with Crippen molar-refractivity contribution < 1.29 is 23.4 Å². The molecule has 2 N–H and O–H groups in total. The van der Waals surface area contributed by atoms with Crippen molar-refractivity contribution in [2.75, 3.05) is 0 Å². The van der Waals surface area contributed by atoms with Crippen LogP contribution in [0, 0.1) is 46.3 Å². The summed E-state index contributed by atoms with van der Waals surface area (Å²) < 4.78 is 39.5. The number of halogens is 3. The zero-order valence-corrected chi connectivity index (χ0v) is 21.4. The van der Waals surface area contributed by atoms with E-state index in [9.17, 15) is 23.4 Å². The molecule has 0 aromatic carbocycles. The number of hydrogen-bond acceptors (Lipinski definition) is 2. The Morgan fingerprint density at radius 2 is 1.73 bits per heavy atom. The largest absolute Gasteiger partial charge is 0.416 e. The van der Waals surface area contributed by atoms with Crippen molar-refractivity contribution in [2.24, 2.45) is 46.3 Å². The molecule has 0 aliphatic heterocycles. The highest BCUT2D eigenvalue weighted by molar-refractivity contribution is 5.28. The maximum absolute atomic E-state index is 13.2. The summed E-state index contributed by atoms with van der Waals surface area (Å²) in [6.45, 7) is 12.2. The van der Waals surface area contributed by atoms with E-state index in [1.165, 1.54) is 18.4 Å². The number of allylic oxidation sites excluding steroid dienone is 1. The molecule has 0 heterocycles. The van der Waals surface area contributed by atoms with Gasteiger partial charge < -0.3 is 10.2 Å². The smallest absolute Gasteiger partial charge is 0.390 e. The van der Waals surface area contributed by atoms with Crippen LogP contribution in [0.25, 0.3) is 0 Å². The first-order valence-corrected chi connectivity index (χ1v) is 13.2. The third-order valence-electron chi connectivity index (χ3n) is 11.2.